The van der Waals surface area contributed by atoms with Gasteiger partial charge in [-0.25, -0.2) is 12.8 Å². The molecule has 1 aliphatic heterocycles. The van der Waals surface area contributed by atoms with Gasteiger partial charge in [0.2, 0.25) is 10.0 Å². The Morgan fingerprint density at radius 2 is 1.94 bits per heavy atom. The molecule has 9 heteroatoms. The molecule has 170 valence electrons. The first-order valence-corrected chi connectivity index (χ1v) is 11.8. The first-order chi connectivity index (χ1) is 15.3. The molecule has 0 fully saturated rings. The predicted molar refractivity (Wildman–Crippen MR) is 117 cm³/mol. The van der Waals surface area contributed by atoms with Gasteiger partial charge in [-0.1, -0.05) is 24.3 Å². The number of rotatable bonds is 6. The fraction of sp³-hybridized carbons (Fsp3) is 0.348. The molecular weight excluding hydrogens is 433 g/mol. The molecule has 32 heavy (non-hydrogen) atoms. The maximum absolute atomic E-state index is 13.8. The Bertz CT molecular complexity index is 1240. The summed E-state index contributed by atoms with van der Waals surface area (Å²) in [5, 5.41) is 4.25. The molecule has 0 N–H and O–H groups in total. The second-order valence-corrected chi connectivity index (χ2v) is 9.71. The van der Waals surface area contributed by atoms with Gasteiger partial charge in [0.15, 0.2) is 0 Å². The zero-order chi connectivity index (χ0) is 22.9. The van der Waals surface area contributed by atoms with Gasteiger partial charge in [0.05, 0.1) is 24.6 Å². The van der Waals surface area contributed by atoms with E-state index >= 15 is 0 Å². The lowest BCUT2D eigenvalue weighted by Gasteiger charge is -2.20. The van der Waals surface area contributed by atoms with Crippen LogP contribution in [-0.2, 0) is 41.6 Å². The van der Waals surface area contributed by atoms with Crippen molar-refractivity contribution in [1.82, 2.24) is 14.1 Å². The van der Waals surface area contributed by atoms with Crippen molar-refractivity contribution >= 4 is 10.0 Å². The third-order valence-corrected chi connectivity index (χ3v) is 7.69. The van der Waals surface area contributed by atoms with Crippen molar-refractivity contribution in [2.45, 2.75) is 38.5 Å². The molecule has 2 heterocycles. The normalized spacial score (nSPS) is 14.6. The number of aryl methyl sites for hydroxylation is 2. The molecule has 3 aromatic rings. The lowest BCUT2D eigenvalue weighted by Crippen LogP contribution is -2.33. The summed E-state index contributed by atoms with van der Waals surface area (Å²) in [6, 6.07) is 12.1. The average Bonchev–Trinajstić information content (AvgIpc) is 2.91. The molecule has 0 radical (unpaired) electrons. The van der Waals surface area contributed by atoms with Crippen molar-refractivity contribution < 1.29 is 22.3 Å². The van der Waals surface area contributed by atoms with Gasteiger partial charge in [-0.15, -0.1) is 0 Å². The number of fused-ring (bicyclic) bond motifs is 1. The molecule has 4 rings (SSSR count). The summed E-state index contributed by atoms with van der Waals surface area (Å²) < 4.78 is 55.1. The van der Waals surface area contributed by atoms with E-state index in [1.165, 1.54) is 10.4 Å². The largest absolute Gasteiger partial charge is 0.492 e. The lowest BCUT2D eigenvalue weighted by atomic mass is 10.1. The summed E-state index contributed by atoms with van der Waals surface area (Å²) in [7, 11) is -2.01. The van der Waals surface area contributed by atoms with E-state index in [1.807, 2.05) is 18.2 Å². The van der Waals surface area contributed by atoms with E-state index in [0.717, 1.165) is 11.1 Å². The monoisotopic (exact) mass is 459 g/mol. The van der Waals surface area contributed by atoms with Crippen LogP contribution in [0.1, 0.15) is 28.1 Å². The summed E-state index contributed by atoms with van der Waals surface area (Å²) in [6.45, 7) is 4.56. The Morgan fingerprint density at radius 3 is 2.66 bits per heavy atom. The van der Waals surface area contributed by atoms with Crippen LogP contribution in [0.4, 0.5) is 4.39 Å². The highest BCUT2D eigenvalue weighted by Gasteiger charge is 2.32. The van der Waals surface area contributed by atoms with Crippen molar-refractivity contribution in [3.63, 3.8) is 0 Å². The number of aromatic nitrogens is 2. The van der Waals surface area contributed by atoms with E-state index in [1.54, 1.807) is 43.8 Å². The SMILES string of the molecule is Cc1nn(C)c(C)c1S(=O)(=O)N1CCOc2ccc(COCc3ccccc3F)cc2C1. The zero-order valence-corrected chi connectivity index (χ0v) is 19.2. The van der Waals surface area contributed by atoms with Crippen molar-refractivity contribution in [2.24, 2.45) is 7.05 Å². The van der Waals surface area contributed by atoms with Crippen molar-refractivity contribution in [1.29, 1.82) is 0 Å². The van der Waals surface area contributed by atoms with Gasteiger partial charge < -0.3 is 9.47 Å². The highest BCUT2D eigenvalue weighted by atomic mass is 32.2. The van der Waals surface area contributed by atoms with Gasteiger partial charge in [0.25, 0.3) is 0 Å². The highest BCUT2D eigenvalue weighted by Crippen LogP contribution is 2.30. The molecule has 0 atom stereocenters. The highest BCUT2D eigenvalue weighted by molar-refractivity contribution is 7.89. The molecule has 0 amide bonds. The Labute approximate surface area is 187 Å². The third kappa shape index (κ3) is 4.41. The molecule has 7 nitrogen and oxygen atoms in total. The van der Waals surface area contributed by atoms with Gasteiger partial charge in [-0.3, -0.25) is 4.68 Å². The number of nitrogens with zero attached hydrogens (tertiary/aromatic N) is 3. The van der Waals surface area contributed by atoms with Crippen LogP contribution in [0.3, 0.4) is 0 Å². The summed E-state index contributed by atoms with van der Waals surface area (Å²) in [5.41, 5.74) is 3.19. The molecule has 1 aliphatic rings. The van der Waals surface area contributed by atoms with Crippen LogP contribution in [0.15, 0.2) is 47.4 Å². The van der Waals surface area contributed by atoms with Crippen LogP contribution in [0.5, 0.6) is 5.75 Å². The van der Waals surface area contributed by atoms with E-state index in [2.05, 4.69) is 5.10 Å². The van der Waals surface area contributed by atoms with Crippen molar-refractivity contribution in [3.8, 4) is 5.75 Å². The molecule has 0 saturated heterocycles. The number of hydrogen-bond donors (Lipinski definition) is 0. The molecule has 2 aromatic carbocycles. The second-order valence-electron chi connectivity index (χ2n) is 7.84. The van der Waals surface area contributed by atoms with E-state index in [-0.39, 0.29) is 43.6 Å². The van der Waals surface area contributed by atoms with E-state index in [4.69, 9.17) is 9.47 Å². The van der Waals surface area contributed by atoms with Crippen molar-refractivity contribution in [2.75, 3.05) is 13.2 Å². The van der Waals surface area contributed by atoms with Crippen LogP contribution >= 0.6 is 0 Å². The predicted octanol–water partition coefficient (Wildman–Crippen LogP) is 3.48. The van der Waals surface area contributed by atoms with Crippen LogP contribution in [-0.4, -0.2) is 35.7 Å². The van der Waals surface area contributed by atoms with Gasteiger partial charge in [0, 0.05) is 31.3 Å². The Morgan fingerprint density at radius 1 is 1.16 bits per heavy atom. The maximum atomic E-state index is 13.8. The Hall–Kier alpha value is -2.75. The molecule has 0 bridgehead atoms. The van der Waals surface area contributed by atoms with Gasteiger partial charge in [-0.05, 0) is 37.6 Å². The summed E-state index contributed by atoms with van der Waals surface area (Å²) in [5.74, 6) is 0.352. The molecule has 0 aliphatic carbocycles. The number of halogens is 1. The topological polar surface area (TPSA) is 73.7 Å². The Balaban J connectivity index is 1.52. The van der Waals surface area contributed by atoms with E-state index < -0.39 is 10.0 Å². The van der Waals surface area contributed by atoms with Crippen LogP contribution in [0.25, 0.3) is 0 Å². The van der Waals surface area contributed by atoms with Crippen LogP contribution < -0.4 is 4.74 Å². The quantitative estimate of drug-likeness (QED) is 0.564. The number of benzene rings is 2. The first-order valence-electron chi connectivity index (χ1n) is 10.3. The Kier molecular flexibility index (Phi) is 6.32. The molecule has 0 unspecified atom stereocenters. The standard InChI is InChI=1S/C23H26FN3O4S/c1-16-23(17(2)26(3)25-16)32(28,29)27-10-11-31-22-9-8-18(12-20(22)13-27)14-30-15-19-6-4-5-7-21(19)24/h4-9,12H,10-11,13-15H2,1-3H3. The van der Waals surface area contributed by atoms with Gasteiger partial charge in [-0.2, -0.15) is 9.40 Å². The lowest BCUT2D eigenvalue weighted by molar-refractivity contribution is 0.105. The smallest absolute Gasteiger partial charge is 0.247 e. The maximum Gasteiger partial charge on any atom is 0.247 e. The minimum absolute atomic E-state index is 0.153. The minimum atomic E-state index is -3.74. The van der Waals surface area contributed by atoms with Gasteiger partial charge in [0.1, 0.15) is 23.1 Å². The van der Waals surface area contributed by atoms with Crippen LogP contribution in [0.2, 0.25) is 0 Å². The number of sulfonamides is 1. The third-order valence-electron chi connectivity index (χ3n) is 5.59. The molecule has 0 spiro atoms. The minimum Gasteiger partial charge on any atom is -0.492 e. The van der Waals surface area contributed by atoms with Gasteiger partial charge >= 0.3 is 0 Å². The fourth-order valence-electron chi connectivity index (χ4n) is 3.87. The summed E-state index contributed by atoms with van der Waals surface area (Å²) in [6.07, 6.45) is 0. The van der Waals surface area contributed by atoms with Crippen LogP contribution in [0, 0.1) is 19.7 Å². The molecule has 0 saturated carbocycles. The number of ether oxygens (including phenoxy) is 2. The average molecular weight is 460 g/mol. The molecular formula is C23H26FN3O4S. The number of hydrogen-bond acceptors (Lipinski definition) is 5. The zero-order valence-electron chi connectivity index (χ0n) is 18.3. The molecule has 1 aromatic heterocycles. The van der Waals surface area contributed by atoms with Crippen molar-refractivity contribution in [3.05, 3.63) is 76.4 Å². The first kappa shape index (κ1) is 22.4. The van der Waals surface area contributed by atoms with E-state index in [0.29, 0.717) is 22.7 Å². The summed E-state index contributed by atoms with van der Waals surface area (Å²) in [4.78, 5) is 0.243. The summed E-state index contributed by atoms with van der Waals surface area (Å²) >= 11 is 0. The second kappa shape index (κ2) is 9.01. The fourth-order valence-corrected chi connectivity index (χ4v) is 5.67. The van der Waals surface area contributed by atoms with E-state index in [9.17, 15) is 12.8 Å².